The third-order valence-corrected chi connectivity index (χ3v) is 8.61. The van der Waals surface area contributed by atoms with E-state index in [0.29, 0.717) is 12.2 Å². The van der Waals surface area contributed by atoms with E-state index in [1.54, 1.807) is 35.9 Å². The Morgan fingerprint density at radius 1 is 0.889 bits per heavy atom. The van der Waals surface area contributed by atoms with Gasteiger partial charge in [0.1, 0.15) is 4.90 Å². The molecule has 0 spiro atoms. The van der Waals surface area contributed by atoms with Crippen LogP contribution in [0.1, 0.15) is 18.2 Å². The predicted octanol–water partition coefficient (Wildman–Crippen LogP) is 1.22. The van der Waals surface area contributed by atoms with E-state index in [1.807, 2.05) is 13.8 Å². The standard InChI is InChI=1S/C17H24N4O4S2/c1-4-19-13-17(15(3)18-19)27(24,25)21-11-9-20(10-12-21)26(22,23)16-7-5-14(2)6-8-16/h5-8,13H,4,9-12H2,1-3H3. The fourth-order valence-corrected chi connectivity index (χ4v) is 6.08. The number of nitrogens with zero attached hydrogens (tertiary/aromatic N) is 4. The van der Waals surface area contributed by atoms with Crippen molar-refractivity contribution in [3.8, 4) is 0 Å². The lowest BCUT2D eigenvalue weighted by atomic mass is 10.2. The molecule has 0 saturated carbocycles. The van der Waals surface area contributed by atoms with E-state index in [1.165, 1.54) is 14.8 Å². The number of aromatic nitrogens is 2. The van der Waals surface area contributed by atoms with Crippen LogP contribution in [0.5, 0.6) is 0 Å². The van der Waals surface area contributed by atoms with Gasteiger partial charge in [-0.25, -0.2) is 16.8 Å². The van der Waals surface area contributed by atoms with Gasteiger partial charge >= 0.3 is 0 Å². The fourth-order valence-electron chi connectivity index (χ4n) is 3.06. The van der Waals surface area contributed by atoms with Gasteiger partial charge in [0.25, 0.3) is 0 Å². The average Bonchev–Trinajstić information content (AvgIpc) is 3.04. The van der Waals surface area contributed by atoms with Crippen molar-refractivity contribution in [2.24, 2.45) is 0 Å². The monoisotopic (exact) mass is 412 g/mol. The van der Waals surface area contributed by atoms with Crippen LogP contribution < -0.4 is 0 Å². The van der Waals surface area contributed by atoms with Gasteiger partial charge < -0.3 is 0 Å². The lowest BCUT2D eigenvalue weighted by Crippen LogP contribution is -2.50. The van der Waals surface area contributed by atoms with Crippen molar-refractivity contribution >= 4 is 20.0 Å². The summed E-state index contributed by atoms with van der Waals surface area (Å²) in [6.45, 7) is 6.50. The maximum atomic E-state index is 12.9. The molecule has 0 bridgehead atoms. The minimum Gasteiger partial charge on any atom is -0.271 e. The van der Waals surface area contributed by atoms with E-state index in [2.05, 4.69) is 5.10 Å². The van der Waals surface area contributed by atoms with E-state index in [4.69, 9.17) is 0 Å². The zero-order valence-corrected chi connectivity index (χ0v) is 17.3. The van der Waals surface area contributed by atoms with Gasteiger partial charge in [0.05, 0.1) is 10.6 Å². The average molecular weight is 413 g/mol. The van der Waals surface area contributed by atoms with Crippen LogP contribution in [-0.2, 0) is 26.6 Å². The molecule has 27 heavy (non-hydrogen) atoms. The van der Waals surface area contributed by atoms with Gasteiger partial charge in [-0.05, 0) is 32.9 Å². The minimum atomic E-state index is -3.69. The molecule has 0 atom stereocenters. The third kappa shape index (κ3) is 3.79. The summed E-state index contributed by atoms with van der Waals surface area (Å²) in [6.07, 6.45) is 1.53. The van der Waals surface area contributed by atoms with Crippen molar-refractivity contribution in [1.82, 2.24) is 18.4 Å². The molecule has 8 nitrogen and oxygen atoms in total. The Kier molecular flexibility index (Phi) is 5.44. The Morgan fingerprint density at radius 3 is 1.89 bits per heavy atom. The number of benzene rings is 1. The van der Waals surface area contributed by atoms with E-state index < -0.39 is 20.0 Å². The van der Waals surface area contributed by atoms with Crippen LogP contribution in [0, 0.1) is 13.8 Å². The molecule has 1 fully saturated rings. The fraction of sp³-hybridized carbons (Fsp3) is 0.471. The predicted molar refractivity (Wildman–Crippen MR) is 101 cm³/mol. The summed E-state index contributed by atoms with van der Waals surface area (Å²) in [5.74, 6) is 0. The number of piperazine rings is 1. The molecule has 1 aliphatic heterocycles. The highest BCUT2D eigenvalue weighted by Crippen LogP contribution is 2.23. The van der Waals surface area contributed by atoms with Crippen molar-refractivity contribution < 1.29 is 16.8 Å². The van der Waals surface area contributed by atoms with Crippen molar-refractivity contribution in [3.63, 3.8) is 0 Å². The molecule has 1 saturated heterocycles. The molecule has 0 amide bonds. The molecule has 0 unspecified atom stereocenters. The zero-order chi connectivity index (χ0) is 19.8. The maximum absolute atomic E-state index is 12.9. The third-order valence-electron chi connectivity index (χ3n) is 4.70. The van der Waals surface area contributed by atoms with Gasteiger partial charge in [0, 0.05) is 38.9 Å². The lowest BCUT2D eigenvalue weighted by molar-refractivity contribution is 0.272. The highest BCUT2D eigenvalue weighted by Gasteiger charge is 2.35. The molecule has 0 N–H and O–H groups in total. The number of aryl methyl sites for hydroxylation is 3. The van der Waals surface area contributed by atoms with Crippen molar-refractivity contribution in [2.45, 2.75) is 37.1 Å². The van der Waals surface area contributed by atoms with Crippen LogP contribution in [0.2, 0.25) is 0 Å². The summed E-state index contributed by atoms with van der Waals surface area (Å²) in [5.41, 5.74) is 1.43. The van der Waals surface area contributed by atoms with Crippen LogP contribution >= 0.6 is 0 Å². The second-order valence-electron chi connectivity index (χ2n) is 6.56. The summed E-state index contributed by atoms with van der Waals surface area (Å²) < 4.78 is 55.6. The first-order chi connectivity index (χ1) is 12.7. The van der Waals surface area contributed by atoms with Crippen molar-refractivity contribution in [3.05, 3.63) is 41.7 Å². The molecule has 3 rings (SSSR count). The summed E-state index contributed by atoms with van der Waals surface area (Å²) in [4.78, 5) is 0.406. The Morgan fingerprint density at radius 2 is 1.41 bits per heavy atom. The summed E-state index contributed by atoms with van der Waals surface area (Å²) >= 11 is 0. The lowest BCUT2D eigenvalue weighted by Gasteiger charge is -2.33. The first-order valence-corrected chi connectivity index (χ1v) is 11.7. The Balaban J connectivity index is 1.76. The van der Waals surface area contributed by atoms with Gasteiger partial charge in [-0.2, -0.15) is 13.7 Å². The second-order valence-corrected chi connectivity index (χ2v) is 10.4. The zero-order valence-electron chi connectivity index (χ0n) is 15.7. The number of hydrogen-bond donors (Lipinski definition) is 0. The number of sulfonamides is 2. The van der Waals surface area contributed by atoms with Crippen molar-refractivity contribution in [1.29, 1.82) is 0 Å². The van der Waals surface area contributed by atoms with Crippen LogP contribution in [0.3, 0.4) is 0 Å². The molecule has 1 aromatic heterocycles. The summed E-state index contributed by atoms with van der Waals surface area (Å²) in [5, 5.41) is 4.20. The van der Waals surface area contributed by atoms with Crippen LogP contribution in [-0.4, -0.2) is 61.4 Å². The SMILES string of the molecule is CCn1cc(S(=O)(=O)N2CCN(S(=O)(=O)c3ccc(C)cc3)CC2)c(C)n1. The van der Waals surface area contributed by atoms with E-state index in [0.717, 1.165) is 5.56 Å². The molecule has 148 valence electrons. The normalized spacial score (nSPS) is 17.3. The Labute approximate surface area is 160 Å². The highest BCUT2D eigenvalue weighted by molar-refractivity contribution is 7.89. The minimum absolute atomic E-state index is 0.115. The molecule has 0 radical (unpaired) electrons. The first-order valence-electron chi connectivity index (χ1n) is 8.77. The summed E-state index contributed by atoms with van der Waals surface area (Å²) in [7, 11) is -7.32. The van der Waals surface area contributed by atoms with E-state index in [9.17, 15) is 16.8 Å². The largest absolute Gasteiger partial charge is 0.271 e. The van der Waals surface area contributed by atoms with Gasteiger partial charge in [0.2, 0.25) is 20.0 Å². The molecule has 10 heteroatoms. The smallest absolute Gasteiger partial charge is 0.246 e. The van der Waals surface area contributed by atoms with Crippen molar-refractivity contribution in [2.75, 3.05) is 26.2 Å². The molecule has 1 aromatic carbocycles. The van der Waals surface area contributed by atoms with Crippen LogP contribution in [0.25, 0.3) is 0 Å². The topological polar surface area (TPSA) is 92.6 Å². The van der Waals surface area contributed by atoms with E-state index >= 15 is 0 Å². The van der Waals surface area contributed by atoms with Gasteiger partial charge in [-0.15, -0.1) is 0 Å². The Bertz CT molecular complexity index is 1020. The van der Waals surface area contributed by atoms with Gasteiger partial charge in [0.15, 0.2) is 0 Å². The molecule has 0 aliphatic carbocycles. The van der Waals surface area contributed by atoms with Gasteiger partial charge in [-0.1, -0.05) is 17.7 Å². The second kappa shape index (κ2) is 7.34. The maximum Gasteiger partial charge on any atom is 0.246 e. The molecule has 2 heterocycles. The molecule has 1 aliphatic rings. The number of hydrogen-bond acceptors (Lipinski definition) is 5. The highest BCUT2D eigenvalue weighted by atomic mass is 32.2. The molecule has 2 aromatic rings. The first kappa shape index (κ1) is 20.0. The van der Waals surface area contributed by atoms with Crippen LogP contribution in [0.4, 0.5) is 0 Å². The summed E-state index contributed by atoms with van der Waals surface area (Å²) in [6, 6.07) is 6.66. The quantitative estimate of drug-likeness (QED) is 0.736. The van der Waals surface area contributed by atoms with Gasteiger partial charge in [-0.3, -0.25) is 4.68 Å². The molecular weight excluding hydrogens is 388 g/mol. The van der Waals surface area contributed by atoms with E-state index in [-0.39, 0.29) is 36.0 Å². The number of rotatable bonds is 5. The van der Waals surface area contributed by atoms with Crippen LogP contribution in [0.15, 0.2) is 40.3 Å². The Hall–Kier alpha value is -1.75. The molecular formula is C17H24N4O4S2.